The lowest BCUT2D eigenvalue weighted by atomic mass is 9.97. The fourth-order valence-corrected chi connectivity index (χ4v) is 3.38. The van der Waals surface area contributed by atoms with E-state index < -0.39 is 12.0 Å². The van der Waals surface area contributed by atoms with E-state index >= 15 is 0 Å². The zero-order valence-corrected chi connectivity index (χ0v) is 11.7. The van der Waals surface area contributed by atoms with E-state index in [1.165, 1.54) is 4.90 Å². The molecule has 104 valence electrons. The Balaban J connectivity index is 2.26. The number of aliphatic carboxylic acids is 1. The predicted molar refractivity (Wildman–Crippen MR) is 72.9 cm³/mol. The molecule has 0 fully saturated rings. The van der Waals surface area contributed by atoms with Crippen LogP contribution in [0.15, 0.2) is 11.4 Å². The van der Waals surface area contributed by atoms with E-state index in [0.717, 1.165) is 16.9 Å². The highest BCUT2D eigenvalue weighted by molar-refractivity contribution is 7.10. The van der Waals surface area contributed by atoms with Crippen molar-refractivity contribution in [1.82, 2.24) is 4.90 Å². The van der Waals surface area contributed by atoms with Crippen LogP contribution in [0.25, 0.3) is 0 Å². The molecule has 2 rings (SSSR count). The zero-order chi connectivity index (χ0) is 14.0. The monoisotopic (exact) mass is 282 g/mol. The van der Waals surface area contributed by atoms with Gasteiger partial charge in [0.1, 0.15) is 0 Å². The third-order valence-corrected chi connectivity index (χ3v) is 4.50. The Morgan fingerprint density at radius 2 is 2.37 bits per heavy atom. The topological polar surface area (TPSA) is 83.6 Å². The molecular weight excluding hydrogens is 264 g/mol. The van der Waals surface area contributed by atoms with Crippen molar-refractivity contribution in [2.45, 2.75) is 25.8 Å². The Hall–Kier alpha value is -1.40. The molecule has 1 amide bonds. The summed E-state index contributed by atoms with van der Waals surface area (Å²) in [4.78, 5) is 26.4. The molecule has 1 aromatic heterocycles. The number of carbonyl (C=O) groups excluding carboxylic acids is 1. The normalized spacial score (nSPS) is 19.9. The fourth-order valence-electron chi connectivity index (χ4n) is 2.48. The first-order valence-electron chi connectivity index (χ1n) is 6.36. The van der Waals surface area contributed by atoms with Gasteiger partial charge in [0.05, 0.1) is 0 Å². The number of hydrogen-bond donors (Lipinski definition) is 2. The first-order chi connectivity index (χ1) is 9.06. The van der Waals surface area contributed by atoms with Crippen LogP contribution in [-0.2, 0) is 16.0 Å². The molecular formula is C13H18N2O3S. The van der Waals surface area contributed by atoms with Crippen molar-refractivity contribution in [2.75, 3.05) is 13.1 Å². The highest BCUT2D eigenvalue weighted by atomic mass is 32.1. The summed E-state index contributed by atoms with van der Waals surface area (Å²) in [5.74, 6) is -1.31. The number of rotatable bonds is 4. The molecule has 5 nitrogen and oxygen atoms in total. The maximum Gasteiger partial charge on any atom is 0.331 e. The second-order valence-corrected chi connectivity index (χ2v) is 5.80. The summed E-state index contributed by atoms with van der Waals surface area (Å²) in [6.45, 7) is 2.71. The van der Waals surface area contributed by atoms with Gasteiger partial charge in [0.2, 0.25) is 5.91 Å². The van der Waals surface area contributed by atoms with Gasteiger partial charge >= 0.3 is 5.97 Å². The first-order valence-corrected chi connectivity index (χ1v) is 7.23. The number of thiophene rings is 1. The molecule has 0 radical (unpaired) electrons. The molecule has 19 heavy (non-hydrogen) atoms. The molecule has 0 aliphatic carbocycles. The quantitative estimate of drug-likeness (QED) is 0.870. The summed E-state index contributed by atoms with van der Waals surface area (Å²) < 4.78 is 0. The van der Waals surface area contributed by atoms with E-state index in [1.54, 1.807) is 18.3 Å². The van der Waals surface area contributed by atoms with Gasteiger partial charge in [-0.25, -0.2) is 4.79 Å². The average Bonchev–Trinajstić information content (AvgIpc) is 2.84. The van der Waals surface area contributed by atoms with Crippen LogP contribution in [0.3, 0.4) is 0 Å². The number of carboxylic acids is 1. The van der Waals surface area contributed by atoms with Crippen LogP contribution in [0.4, 0.5) is 0 Å². The number of amides is 1. The highest BCUT2D eigenvalue weighted by Crippen LogP contribution is 2.34. The highest BCUT2D eigenvalue weighted by Gasteiger charge is 2.37. The maximum atomic E-state index is 12.3. The first kappa shape index (κ1) is 14.0. The zero-order valence-electron chi connectivity index (χ0n) is 10.8. The van der Waals surface area contributed by atoms with Crippen molar-refractivity contribution in [3.8, 4) is 0 Å². The number of nitrogens with zero attached hydrogens (tertiary/aromatic N) is 1. The molecule has 0 spiro atoms. The van der Waals surface area contributed by atoms with E-state index in [2.05, 4.69) is 0 Å². The lowest BCUT2D eigenvalue weighted by Crippen LogP contribution is -2.45. The molecule has 0 saturated carbocycles. The van der Waals surface area contributed by atoms with Crippen LogP contribution < -0.4 is 5.73 Å². The van der Waals surface area contributed by atoms with Crippen LogP contribution in [0.5, 0.6) is 0 Å². The van der Waals surface area contributed by atoms with E-state index in [0.29, 0.717) is 19.5 Å². The Morgan fingerprint density at radius 1 is 1.63 bits per heavy atom. The van der Waals surface area contributed by atoms with E-state index in [4.69, 9.17) is 5.73 Å². The Bertz CT molecular complexity index is 486. The third-order valence-electron chi connectivity index (χ3n) is 3.50. The molecule has 0 saturated heterocycles. The number of nitrogens with two attached hydrogens (primary N) is 1. The summed E-state index contributed by atoms with van der Waals surface area (Å²) in [7, 11) is 0. The summed E-state index contributed by atoms with van der Waals surface area (Å²) in [5.41, 5.74) is 6.23. The van der Waals surface area contributed by atoms with Gasteiger partial charge in [-0.2, -0.15) is 0 Å². The van der Waals surface area contributed by atoms with E-state index in [-0.39, 0.29) is 11.8 Å². The molecule has 0 bridgehead atoms. The van der Waals surface area contributed by atoms with E-state index in [1.807, 2.05) is 11.4 Å². The average molecular weight is 282 g/mol. The van der Waals surface area contributed by atoms with Gasteiger partial charge in [-0.15, -0.1) is 11.3 Å². The van der Waals surface area contributed by atoms with Crippen LogP contribution in [0.1, 0.15) is 29.8 Å². The summed E-state index contributed by atoms with van der Waals surface area (Å²) >= 11 is 1.56. The number of hydrogen-bond acceptors (Lipinski definition) is 4. The molecule has 2 unspecified atom stereocenters. The van der Waals surface area contributed by atoms with Crippen LogP contribution in [-0.4, -0.2) is 35.0 Å². The van der Waals surface area contributed by atoms with Gasteiger partial charge in [-0.3, -0.25) is 4.79 Å². The van der Waals surface area contributed by atoms with Crippen molar-refractivity contribution in [2.24, 2.45) is 11.7 Å². The van der Waals surface area contributed by atoms with Gasteiger partial charge in [0, 0.05) is 17.3 Å². The third kappa shape index (κ3) is 2.64. The molecule has 3 N–H and O–H groups in total. The van der Waals surface area contributed by atoms with Gasteiger partial charge in [0.25, 0.3) is 0 Å². The summed E-state index contributed by atoms with van der Waals surface area (Å²) in [6.07, 6.45) is 1.32. The molecule has 2 atom stereocenters. The van der Waals surface area contributed by atoms with Gasteiger partial charge < -0.3 is 15.7 Å². The van der Waals surface area contributed by atoms with Crippen LogP contribution in [0.2, 0.25) is 0 Å². The standard InChI is InChI=1S/C13H18N2O3S/c1-8(2-5-14)12(16)15-6-3-10-9(4-7-19-10)11(15)13(17)18/h4,7-8,11H,2-3,5-6,14H2,1H3,(H,17,18). The van der Waals surface area contributed by atoms with Gasteiger partial charge in [-0.1, -0.05) is 6.92 Å². The van der Waals surface area contributed by atoms with E-state index in [9.17, 15) is 14.7 Å². The Labute approximate surface area is 116 Å². The lowest BCUT2D eigenvalue weighted by Gasteiger charge is -2.34. The van der Waals surface area contributed by atoms with Crippen molar-refractivity contribution in [3.05, 3.63) is 21.9 Å². The molecule has 1 aliphatic rings. The second-order valence-electron chi connectivity index (χ2n) is 4.80. The minimum atomic E-state index is -0.965. The summed E-state index contributed by atoms with van der Waals surface area (Å²) in [5, 5.41) is 11.3. The number of carboxylic acid groups (broad SMARTS) is 1. The van der Waals surface area contributed by atoms with Gasteiger partial charge in [-0.05, 0) is 36.4 Å². The second kappa shape index (κ2) is 5.71. The fraction of sp³-hybridized carbons (Fsp3) is 0.538. The van der Waals surface area contributed by atoms with Crippen molar-refractivity contribution in [1.29, 1.82) is 0 Å². The largest absolute Gasteiger partial charge is 0.479 e. The Kier molecular flexibility index (Phi) is 4.21. The molecule has 0 aromatic carbocycles. The predicted octanol–water partition coefficient (Wildman–Crippen LogP) is 1.24. The minimum Gasteiger partial charge on any atom is -0.479 e. The minimum absolute atomic E-state index is 0.116. The Morgan fingerprint density at radius 3 is 3.00 bits per heavy atom. The smallest absolute Gasteiger partial charge is 0.331 e. The molecule has 1 aliphatic heterocycles. The SMILES string of the molecule is CC(CCN)C(=O)N1CCc2sccc2C1C(=O)O. The van der Waals surface area contributed by atoms with Crippen LogP contribution in [0, 0.1) is 5.92 Å². The number of fused-ring (bicyclic) bond motifs is 1. The molecule has 6 heteroatoms. The maximum absolute atomic E-state index is 12.3. The van der Waals surface area contributed by atoms with Crippen molar-refractivity contribution in [3.63, 3.8) is 0 Å². The van der Waals surface area contributed by atoms with Crippen molar-refractivity contribution < 1.29 is 14.7 Å². The van der Waals surface area contributed by atoms with Gasteiger partial charge in [0.15, 0.2) is 6.04 Å². The molecule has 1 aromatic rings. The lowest BCUT2D eigenvalue weighted by molar-refractivity contribution is -0.152. The van der Waals surface area contributed by atoms with Crippen molar-refractivity contribution >= 4 is 23.2 Å². The summed E-state index contributed by atoms with van der Waals surface area (Å²) in [6, 6.07) is 0.967. The van der Waals surface area contributed by atoms with Crippen LogP contribution >= 0.6 is 11.3 Å². The number of carbonyl (C=O) groups is 2. The molecule has 2 heterocycles.